The number of hydrogen-bond donors (Lipinski definition) is 2. The van der Waals surface area contributed by atoms with Gasteiger partial charge in [-0.25, -0.2) is 0 Å². The van der Waals surface area contributed by atoms with Crippen LogP contribution in [-0.4, -0.2) is 17.6 Å². The Morgan fingerprint density at radius 2 is 1.94 bits per heavy atom. The van der Waals surface area contributed by atoms with Crippen LogP contribution >= 0.6 is 0 Å². The van der Waals surface area contributed by atoms with Crippen LogP contribution < -0.4 is 5.73 Å². The molecule has 1 aromatic carbocycles. The topological polar surface area (TPSA) is 63.3 Å². The van der Waals surface area contributed by atoms with Gasteiger partial charge in [0.25, 0.3) is 0 Å². The number of carboxylic acids is 1. The Kier molecular flexibility index (Phi) is 5.35. The quantitative estimate of drug-likeness (QED) is 0.781. The monoisotopic (exact) mass is 249 g/mol. The Hall–Kier alpha value is -1.35. The third-order valence-corrected chi connectivity index (χ3v) is 3.47. The van der Waals surface area contributed by atoms with Gasteiger partial charge in [0.2, 0.25) is 0 Å². The van der Waals surface area contributed by atoms with Crippen LogP contribution in [0, 0.1) is 5.92 Å². The van der Waals surface area contributed by atoms with Crippen molar-refractivity contribution in [2.45, 2.75) is 38.5 Å². The van der Waals surface area contributed by atoms with Crippen LogP contribution in [0.1, 0.15) is 38.7 Å². The summed E-state index contributed by atoms with van der Waals surface area (Å²) in [4.78, 5) is 11.6. The van der Waals surface area contributed by atoms with Gasteiger partial charge < -0.3 is 10.8 Å². The summed E-state index contributed by atoms with van der Waals surface area (Å²) in [5.74, 6) is -0.231. The summed E-state index contributed by atoms with van der Waals surface area (Å²) in [7, 11) is 0. The van der Waals surface area contributed by atoms with Gasteiger partial charge in [0.1, 0.15) is 5.41 Å². The predicted molar refractivity (Wildman–Crippen MR) is 73.5 cm³/mol. The van der Waals surface area contributed by atoms with E-state index in [4.69, 9.17) is 5.73 Å². The Morgan fingerprint density at radius 1 is 1.33 bits per heavy atom. The molecule has 0 spiro atoms. The van der Waals surface area contributed by atoms with Crippen molar-refractivity contribution in [1.82, 2.24) is 0 Å². The molecule has 18 heavy (non-hydrogen) atoms. The molecule has 0 fully saturated rings. The third kappa shape index (κ3) is 3.33. The van der Waals surface area contributed by atoms with E-state index >= 15 is 0 Å². The Bertz CT molecular complexity index is 375. The van der Waals surface area contributed by atoms with Gasteiger partial charge in [-0.1, -0.05) is 57.0 Å². The largest absolute Gasteiger partial charge is 0.481 e. The van der Waals surface area contributed by atoms with Crippen LogP contribution in [0.3, 0.4) is 0 Å². The number of carbonyl (C=O) groups is 1. The van der Waals surface area contributed by atoms with Crippen LogP contribution in [0.15, 0.2) is 30.3 Å². The van der Waals surface area contributed by atoms with E-state index in [9.17, 15) is 9.90 Å². The molecule has 0 radical (unpaired) electrons. The lowest BCUT2D eigenvalue weighted by Crippen LogP contribution is -2.43. The molecule has 0 saturated heterocycles. The van der Waals surface area contributed by atoms with Crippen LogP contribution in [0.4, 0.5) is 0 Å². The van der Waals surface area contributed by atoms with Crippen LogP contribution in [0.2, 0.25) is 0 Å². The standard InChI is InChI=1S/C15H23NO2/c1-12(2)7-6-10-15(11-16,14(17)18)13-8-4-3-5-9-13/h3-5,8-9,12H,6-7,10-11,16H2,1-2H3,(H,17,18). The molecule has 0 heterocycles. The summed E-state index contributed by atoms with van der Waals surface area (Å²) >= 11 is 0. The Morgan fingerprint density at radius 3 is 2.39 bits per heavy atom. The van der Waals surface area contributed by atoms with Crippen LogP contribution in [0.25, 0.3) is 0 Å². The van der Waals surface area contributed by atoms with Gasteiger partial charge in [-0.3, -0.25) is 4.79 Å². The van der Waals surface area contributed by atoms with Crippen molar-refractivity contribution in [2.24, 2.45) is 11.7 Å². The molecule has 0 amide bonds. The Balaban J connectivity index is 2.92. The number of aliphatic carboxylic acids is 1. The fraction of sp³-hybridized carbons (Fsp3) is 0.533. The molecule has 3 heteroatoms. The summed E-state index contributed by atoms with van der Waals surface area (Å²) < 4.78 is 0. The van der Waals surface area contributed by atoms with Crippen LogP contribution in [0.5, 0.6) is 0 Å². The fourth-order valence-electron chi connectivity index (χ4n) is 2.25. The van der Waals surface area contributed by atoms with E-state index in [0.717, 1.165) is 18.4 Å². The molecule has 1 unspecified atom stereocenters. The lowest BCUT2D eigenvalue weighted by atomic mass is 9.76. The van der Waals surface area contributed by atoms with E-state index in [1.54, 1.807) is 0 Å². The van der Waals surface area contributed by atoms with Crippen molar-refractivity contribution in [1.29, 1.82) is 0 Å². The summed E-state index contributed by atoms with van der Waals surface area (Å²) in [6.45, 7) is 4.44. The maximum Gasteiger partial charge on any atom is 0.315 e. The molecule has 0 aliphatic rings. The molecule has 1 aromatic rings. The van der Waals surface area contributed by atoms with E-state index < -0.39 is 11.4 Å². The zero-order valence-electron chi connectivity index (χ0n) is 11.2. The lowest BCUT2D eigenvalue weighted by molar-refractivity contribution is -0.143. The molecule has 1 rings (SSSR count). The number of benzene rings is 1. The minimum absolute atomic E-state index is 0.143. The first-order valence-corrected chi connectivity index (χ1v) is 6.52. The van der Waals surface area contributed by atoms with Gasteiger partial charge in [-0.2, -0.15) is 0 Å². The average Bonchev–Trinajstić information content (AvgIpc) is 2.35. The minimum Gasteiger partial charge on any atom is -0.481 e. The summed E-state index contributed by atoms with van der Waals surface area (Å²) in [5, 5.41) is 9.56. The molecule has 1 atom stereocenters. The van der Waals surface area contributed by atoms with E-state index in [2.05, 4.69) is 13.8 Å². The van der Waals surface area contributed by atoms with Gasteiger partial charge in [0.05, 0.1) is 0 Å². The van der Waals surface area contributed by atoms with Gasteiger partial charge in [0.15, 0.2) is 0 Å². The smallest absolute Gasteiger partial charge is 0.315 e. The van der Waals surface area contributed by atoms with E-state index in [1.807, 2.05) is 30.3 Å². The van der Waals surface area contributed by atoms with Gasteiger partial charge >= 0.3 is 5.97 Å². The van der Waals surface area contributed by atoms with E-state index in [-0.39, 0.29) is 6.54 Å². The normalized spacial score (nSPS) is 14.4. The highest BCUT2D eigenvalue weighted by Gasteiger charge is 2.38. The van der Waals surface area contributed by atoms with Crippen molar-refractivity contribution in [2.75, 3.05) is 6.54 Å². The molecular formula is C15H23NO2. The summed E-state index contributed by atoms with van der Waals surface area (Å²) in [6, 6.07) is 9.34. The molecule has 0 aliphatic heterocycles. The van der Waals surface area contributed by atoms with Crippen molar-refractivity contribution < 1.29 is 9.90 Å². The fourth-order valence-corrected chi connectivity index (χ4v) is 2.25. The van der Waals surface area contributed by atoms with Crippen molar-refractivity contribution in [3.8, 4) is 0 Å². The summed E-state index contributed by atoms with van der Waals surface area (Å²) in [6.07, 6.45) is 2.51. The summed E-state index contributed by atoms with van der Waals surface area (Å²) in [5.41, 5.74) is 5.65. The second-order valence-corrected chi connectivity index (χ2v) is 5.24. The average molecular weight is 249 g/mol. The zero-order valence-corrected chi connectivity index (χ0v) is 11.2. The number of hydrogen-bond acceptors (Lipinski definition) is 2. The predicted octanol–water partition coefficient (Wildman–Crippen LogP) is 2.79. The number of rotatable bonds is 7. The third-order valence-electron chi connectivity index (χ3n) is 3.47. The van der Waals surface area contributed by atoms with Crippen LogP contribution in [-0.2, 0) is 10.2 Å². The molecule has 0 aliphatic carbocycles. The van der Waals surface area contributed by atoms with Gasteiger partial charge in [0, 0.05) is 6.54 Å². The number of carboxylic acid groups (broad SMARTS) is 1. The molecule has 100 valence electrons. The van der Waals surface area contributed by atoms with E-state index in [1.165, 1.54) is 0 Å². The van der Waals surface area contributed by atoms with Crippen molar-refractivity contribution in [3.05, 3.63) is 35.9 Å². The lowest BCUT2D eigenvalue weighted by Gasteiger charge is -2.28. The maximum absolute atomic E-state index is 11.6. The van der Waals surface area contributed by atoms with Gasteiger partial charge in [-0.15, -0.1) is 0 Å². The molecular weight excluding hydrogens is 226 g/mol. The number of nitrogens with two attached hydrogens (primary N) is 1. The molecule has 3 N–H and O–H groups in total. The maximum atomic E-state index is 11.6. The highest BCUT2D eigenvalue weighted by atomic mass is 16.4. The first kappa shape index (κ1) is 14.7. The molecule has 0 bridgehead atoms. The molecule has 3 nitrogen and oxygen atoms in total. The van der Waals surface area contributed by atoms with E-state index in [0.29, 0.717) is 12.3 Å². The second kappa shape index (κ2) is 6.55. The zero-order chi connectivity index (χ0) is 13.6. The highest BCUT2D eigenvalue weighted by Crippen LogP contribution is 2.30. The second-order valence-electron chi connectivity index (χ2n) is 5.24. The first-order chi connectivity index (χ1) is 8.53. The van der Waals surface area contributed by atoms with Gasteiger partial charge in [-0.05, 0) is 17.9 Å². The Labute approximate surface area is 109 Å². The minimum atomic E-state index is -0.934. The van der Waals surface area contributed by atoms with Crippen molar-refractivity contribution in [3.63, 3.8) is 0 Å². The highest BCUT2D eigenvalue weighted by molar-refractivity contribution is 5.81. The van der Waals surface area contributed by atoms with Crippen molar-refractivity contribution >= 4 is 5.97 Å². The molecule has 0 saturated carbocycles. The SMILES string of the molecule is CC(C)CCCC(CN)(C(=O)O)c1ccccc1. The molecule has 0 aromatic heterocycles. The first-order valence-electron chi connectivity index (χ1n) is 6.52.